The number of rotatable bonds is 3. The highest BCUT2D eigenvalue weighted by Gasteiger charge is 1.99. The molecule has 3 heteroatoms. The van der Waals surface area contributed by atoms with Crippen LogP contribution in [0.2, 0.25) is 0 Å². The van der Waals surface area contributed by atoms with Crippen LogP contribution in [-0.2, 0) is 6.61 Å². The van der Waals surface area contributed by atoms with Gasteiger partial charge in [-0.3, -0.25) is 0 Å². The van der Waals surface area contributed by atoms with Gasteiger partial charge in [-0.05, 0) is 29.8 Å². The van der Waals surface area contributed by atoms with Crippen molar-refractivity contribution < 1.29 is 14.6 Å². The lowest BCUT2D eigenvalue weighted by Crippen LogP contribution is -1.88. The van der Waals surface area contributed by atoms with Gasteiger partial charge in [0.15, 0.2) is 0 Å². The predicted molar refractivity (Wildman–Crippen MR) is 77.9 cm³/mol. The summed E-state index contributed by atoms with van der Waals surface area (Å²) in [6.07, 6.45) is 0. The van der Waals surface area contributed by atoms with Gasteiger partial charge in [-0.15, -0.1) is 0 Å². The van der Waals surface area contributed by atoms with Crippen molar-refractivity contribution >= 4 is 0 Å². The quantitative estimate of drug-likeness (QED) is 0.870. The maximum atomic E-state index is 8.99. The molecular formula is C17H16O3. The van der Waals surface area contributed by atoms with Crippen LogP contribution in [0.15, 0.2) is 42.5 Å². The molecule has 0 aliphatic rings. The van der Waals surface area contributed by atoms with Crippen LogP contribution in [0.4, 0.5) is 0 Å². The molecular weight excluding hydrogens is 252 g/mol. The molecule has 0 radical (unpaired) electrons. The lowest BCUT2D eigenvalue weighted by molar-refractivity contribution is 0.282. The molecule has 20 heavy (non-hydrogen) atoms. The first-order chi connectivity index (χ1) is 9.75. The summed E-state index contributed by atoms with van der Waals surface area (Å²) in [4.78, 5) is 0. The van der Waals surface area contributed by atoms with E-state index >= 15 is 0 Å². The second kappa shape index (κ2) is 6.65. The molecule has 3 nitrogen and oxygen atoms in total. The Bertz CT molecular complexity index is 611. The third-order valence-electron chi connectivity index (χ3n) is 2.84. The van der Waals surface area contributed by atoms with Gasteiger partial charge in [0, 0.05) is 17.2 Å². The average molecular weight is 268 g/mol. The van der Waals surface area contributed by atoms with Gasteiger partial charge in [0.05, 0.1) is 20.8 Å². The van der Waals surface area contributed by atoms with Crippen molar-refractivity contribution in [1.29, 1.82) is 0 Å². The molecule has 0 aliphatic heterocycles. The third-order valence-corrected chi connectivity index (χ3v) is 2.84. The van der Waals surface area contributed by atoms with E-state index in [-0.39, 0.29) is 6.61 Å². The van der Waals surface area contributed by atoms with Gasteiger partial charge in [-0.2, -0.15) is 0 Å². The van der Waals surface area contributed by atoms with E-state index in [1.165, 1.54) is 0 Å². The summed E-state index contributed by atoms with van der Waals surface area (Å²) >= 11 is 0. The fraction of sp³-hybridized carbons (Fsp3) is 0.176. The summed E-state index contributed by atoms with van der Waals surface area (Å²) in [6, 6.07) is 13.0. The van der Waals surface area contributed by atoms with Crippen molar-refractivity contribution in [3.63, 3.8) is 0 Å². The van der Waals surface area contributed by atoms with E-state index in [1.54, 1.807) is 20.3 Å². The summed E-state index contributed by atoms with van der Waals surface area (Å²) in [6.45, 7) is 0.0425. The highest BCUT2D eigenvalue weighted by atomic mass is 16.5. The first kappa shape index (κ1) is 14.0. The van der Waals surface area contributed by atoms with Crippen LogP contribution in [0.25, 0.3) is 0 Å². The van der Waals surface area contributed by atoms with Gasteiger partial charge in [0.1, 0.15) is 11.5 Å². The largest absolute Gasteiger partial charge is 0.497 e. The molecule has 0 atom stereocenters. The van der Waals surface area contributed by atoms with E-state index in [0.717, 1.165) is 16.7 Å². The Kier molecular flexibility index (Phi) is 4.65. The maximum absolute atomic E-state index is 8.99. The average Bonchev–Trinajstić information content (AvgIpc) is 2.53. The van der Waals surface area contributed by atoms with Gasteiger partial charge in [0.2, 0.25) is 0 Å². The molecule has 0 aliphatic carbocycles. The van der Waals surface area contributed by atoms with Crippen LogP contribution in [0.3, 0.4) is 0 Å². The van der Waals surface area contributed by atoms with Crippen molar-refractivity contribution in [1.82, 2.24) is 0 Å². The van der Waals surface area contributed by atoms with Crippen LogP contribution >= 0.6 is 0 Å². The number of aliphatic hydroxyl groups is 1. The van der Waals surface area contributed by atoms with Crippen molar-refractivity contribution in [2.45, 2.75) is 6.61 Å². The first-order valence-electron chi connectivity index (χ1n) is 6.20. The Hall–Kier alpha value is -2.44. The van der Waals surface area contributed by atoms with Crippen LogP contribution in [0, 0.1) is 11.8 Å². The smallest absolute Gasteiger partial charge is 0.123 e. The van der Waals surface area contributed by atoms with E-state index in [4.69, 9.17) is 14.6 Å². The molecule has 0 unspecified atom stereocenters. The molecule has 0 saturated heterocycles. The topological polar surface area (TPSA) is 38.7 Å². The Labute approximate surface area is 118 Å². The Balaban J connectivity index is 2.26. The monoisotopic (exact) mass is 268 g/mol. The molecule has 1 N–H and O–H groups in total. The number of benzene rings is 2. The van der Waals surface area contributed by atoms with Crippen molar-refractivity contribution in [3.05, 3.63) is 59.2 Å². The molecule has 0 spiro atoms. The zero-order valence-electron chi connectivity index (χ0n) is 11.5. The van der Waals surface area contributed by atoms with E-state index in [1.807, 2.05) is 36.4 Å². The number of hydrogen-bond acceptors (Lipinski definition) is 3. The van der Waals surface area contributed by atoms with Crippen molar-refractivity contribution in [2.75, 3.05) is 14.2 Å². The zero-order valence-corrected chi connectivity index (χ0v) is 11.5. The maximum Gasteiger partial charge on any atom is 0.123 e. The lowest BCUT2D eigenvalue weighted by atomic mass is 10.1. The molecule has 2 aromatic rings. The van der Waals surface area contributed by atoms with Gasteiger partial charge in [0.25, 0.3) is 0 Å². The Morgan fingerprint density at radius 3 is 1.90 bits per heavy atom. The van der Waals surface area contributed by atoms with Gasteiger partial charge in [-0.25, -0.2) is 0 Å². The fourth-order valence-electron chi connectivity index (χ4n) is 1.72. The van der Waals surface area contributed by atoms with E-state index < -0.39 is 0 Å². The van der Waals surface area contributed by atoms with Gasteiger partial charge in [-0.1, -0.05) is 24.0 Å². The van der Waals surface area contributed by atoms with Crippen LogP contribution in [-0.4, -0.2) is 19.3 Å². The minimum atomic E-state index is 0.0425. The molecule has 2 rings (SSSR count). The standard InChI is InChI=1S/C17H16O3/c1-19-16-9-15(10-17(11-16)20-2)8-5-13-3-6-14(12-18)7-4-13/h3-4,6-7,9-11,18H,12H2,1-2H3. The number of ether oxygens (including phenoxy) is 2. The van der Waals surface area contributed by atoms with E-state index in [9.17, 15) is 0 Å². The molecule has 2 aromatic carbocycles. The number of aliphatic hydroxyl groups excluding tert-OH is 1. The summed E-state index contributed by atoms with van der Waals surface area (Å²) in [5.74, 6) is 7.57. The number of hydrogen-bond donors (Lipinski definition) is 1. The van der Waals surface area contributed by atoms with Crippen LogP contribution < -0.4 is 9.47 Å². The highest BCUT2D eigenvalue weighted by Crippen LogP contribution is 2.21. The van der Waals surface area contributed by atoms with Gasteiger partial charge < -0.3 is 14.6 Å². The second-order valence-corrected chi connectivity index (χ2v) is 4.21. The SMILES string of the molecule is COc1cc(C#Cc2ccc(CO)cc2)cc(OC)c1. The van der Waals surface area contributed by atoms with Crippen LogP contribution in [0.1, 0.15) is 16.7 Å². The summed E-state index contributed by atoms with van der Waals surface area (Å²) in [5.41, 5.74) is 2.59. The minimum Gasteiger partial charge on any atom is -0.497 e. The molecule has 0 amide bonds. The Morgan fingerprint density at radius 2 is 1.40 bits per heavy atom. The van der Waals surface area contributed by atoms with E-state index in [0.29, 0.717) is 11.5 Å². The number of methoxy groups -OCH3 is 2. The molecule has 0 bridgehead atoms. The summed E-state index contributed by atoms with van der Waals surface area (Å²) in [5, 5.41) is 8.99. The summed E-state index contributed by atoms with van der Waals surface area (Å²) in [7, 11) is 3.22. The van der Waals surface area contributed by atoms with Crippen molar-refractivity contribution in [3.8, 4) is 23.3 Å². The molecule has 0 heterocycles. The highest BCUT2D eigenvalue weighted by molar-refractivity contribution is 5.49. The van der Waals surface area contributed by atoms with Gasteiger partial charge >= 0.3 is 0 Å². The van der Waals surface area contributed by atoms with Crippen LogP contribution in [0.5, 0.6) is 11.5 Å². The second-order valence-electron chi connectivity index (χ2n) is 4.21. The van der Waals surface area contributed by atoms with E-state index in [2.05, 4.69) is 11.8 Å². The minimum absolute atomic E-state index is 0.0425. The Morgan fingerprint density at radius 1 is 0.850 bits per heavy atom. The third kappa shape index (κ3) is 3.53. The normalized spacial score (nSPS) is 9.55. The zero-order chi connectivity index (χ0) is 14.4. The molecule has 0 aromatic heterocycles. The van der Waals surface area contributed by atoms with Crippen molar-refractivity contribution in [2.24, 2.45) is 0 Å². The predicted octanol–water partition coefficient (Wildman–Crippen LogP) is 2.60. The molecule has 0 saturated carbocycles. The molecule has 102 valence electrons. The lowest BCUT2D eigenvalue weighted by Gasteiger charge is -2.04. The fourth-order valence-corrected chi connectivity index (χ4v) is 1.72. The summed E-state index contributed by atoms with van der Waals surface area (Å²) < 4.78 is 10.4. The molecule has 0 fully saturated rings. The first-order valence-corrected chi connectivity index (χ1v) is 6.20.